The van der Waals surface area contributed by atoms with Gasteiger partial charge in [0.1, 0.15) is 11.7 Å². The summed E-state index contributed by atoms with van der Waals surface area (Å²) in [5.41, 5.74) is -1.45. The molecule has 0 heterocycles. The smallest absolute Gasteiger partial charge is 0.330 e. The molecule has 140 valence electrons. The van der Waals surface area contributed by atoms with E-state index in [1.54, 1.807) is 6.08 Å². The lowest BCUT2D eigenvalue weighted by molar-refractivity contribution is -0.132. The summed E-state index contributed by atoms with van der Waals surface area (Å²) in [6.45, 7) is 2.96. The Labute approximate surface area is 148 Å². The van der Waals surface area contributed by atoms with Crippen LogP contribution in [0.4, 0.5) is 0 Å². The first-order chi connectivity index (χ1) is 11.8. The zero-order chi connectivity index (χ0) is 19.0. The van der Waals surface area contributed by atoms with Crippen molar-refractivity contribution in [3.8, 4) is 0 Å². The molecule has 0 saturated heterocycles. The number of rotatable bonds is 9. The summed E-state index contributed by atoms with van der Waals surface area (Å²) in [5.74, 6) is -1.56. The predicted octanol–water partition coefficient (Wildman–Crippen LogP) is 1.90. The third-order valence-electron chi connectivity index (χ3n) is 4.48. The molecule has 6 nitrogen and oxygen atoms in total. The number of carboxylic acid groups (broad SMARTS) is 1. The summed E-state index contributed by atoms with van der Waals surface area (Å²) in [6.07, 6.45) is 6.71. The first-order valence-electron chi connectivity index (χ1n) is 8.61. The average molecular weight is 352 g/mol. The highest BCUT2D eigenvalue weighted by molar-refractivity contribution is 5.99. The molecule has 0 unspecified atom stereocenters. The fourth-order valence-corrected chi connectivity index (χ4v) is 2.79. The molecule has 6 heteroatoms. The molecule has 0 aromatic rings. The van der Waals surface area contributed by atoms with Gasteiger partial charge in [-0.25, -0.2) is 4.79 Å². The first kappa shape index (κ1) is 21.3. The normalized spacial score (nSPS) is 25.1. The molecule has 4 N–H and O–H groups in total. The number of unbranched alkanes of at least 4 members (excludes halogenated alkanes) is 3. The van der Waals surface area contributed by atoms with Crippen LogP contribution in [0.3, 0.4) is 0 Å². The van der Waals surface area contributed by atoms with E-state index in [2.05, 4.69) is 6.92 Å². The second kappa shape index (κ2) is 9.65. The molecule has 0 saturated carbocycles. The molecule has 0 amide bonds. The van der Waals surface area contributed by atoms with E-state index in [1.807, 2.05) is 6.08 Å². The molecule has 1 rings (SSSR count). The predicted molar refractivity (Wildman–Crippen MR) is 94.0 cm³/mol. The van der Waals surface area contributed by atoms with Crippen molar-refractivity contribution in [1.29, 1.82) is 0 Å². The first-order valence-corrected chi connectivity index (χ1v) is 8.61. The second-order valence-corrected chi connectivity index (χ2v) is 6.49. The Bertz CT molecular complexity index is 587. The number of hydrogen-bond acceptors (Lipinski definition) is 5. The van der Waals surface area contributed by atoms with E-state index >= 15 is 0 Å². The molecule has 0 spiro atoms. The quantitative estimate of drug-likeness (QED) is 0.372. The fraction of sp³-hybridized carbons (Fsp3) is 0.579. The van der Waals surface area contributed by atoms with Crippen LogP contribution in [0.5, 0.6) is 0 Å². The summed E-state index contributed by atoms with van der Waals surface area (Å²) in [4.78, 5) is 23.1. The van der Waals surface area contributed by atoms with Gasteiger partial charge in [0.15, 0.2) is 5.78 Å². The van der Waals surface area contributed by atoms with Crippen molar-refractivity contribution in [2.75, 3.05) is 6.61 Å². The van der Waals surface area contributed by atoms with Crippen LogP contribution in [0.25, 0.3) is 0 Å². The minimum Gasteiger partial charge on any atom is -0.478 e. The van der Waals surface area contributed by atoms with Crippen molar-refractivity contribution in [2.24, 2.45) is 0 Å². The molecule has 2 atom stereocenters. The molecule has 0 bridgehead atoms. The Morgan fingerprint density at radius 1 is 1.36 bits per heavy atom. The maximum Gasteiger partial charge on any atom is 0.330 e. The van der Waals surface area contributed by atoms with Gasteiger partial charge >= 0.3 is 5.97 Å². The molecule has 0 radical (unpaired) electrons. The molecular formula is C19H28O6. The van der Waals surface area contributed by atoms with Crippen LogP contribution in [0, 0.1) is 0 Å². The van der Waals surface area contributed by atoms with Gasteiger partial charge in [0.2, 0.25) is 0 Å². The molecule has 1 aliphatic rings. The molecule has 0 aromatic heterocycles. The second-order valence-electron chi connectivity index (χ2n) is 6.49. The number of carbonyl (C=O) groups is 2. The molecule has 0 fully saturated rings. The van der Waals surface area contributed by atoms with Gasteiger partial charge in [0.05, 0.1) is 6.61 Å². The summed E-state index contributed by atoms with van der Waals surface area (Å²) in [7, 11) is 0. The van der Waals surface area contributed by atoms with E-state index in [9.17, 15) is 24.9 Å². The number of Topliss-reactive ketones (excluding diaryl/α,β-unsaturated/α-hetero) is 1. The zero-order valence-electron chi connectivity index (χ0n) is 14.9. The third kappa shape index (κ3) is 5.63. The van der Waals surface area contributed by atoms with Gasteiger partial charge < -0.3 is 20.4 Å². The summed E-state index contributed by atoms with van der Waals surface area (Å²) in [5, 5.41) is 39.6. The van der Waals surface area contributed by atoms with Gasteiger partial charge in [-0.15, -0.1) is 0 Å². The Kier molecular flexibility index (Phi) is 8.22. The van der Waals surface area contributed by atoms with E-state index in [1.165, 1.54) is 13.0 Å². The number of carbonyl (C=O) groups excluding carboxylic acids is 1. The Morgan fingerprint density at radius 3 is 2.60 bits per heavy atom. The number of carboxylic acids is 1. The standard InChI is InChI=1S/C19H28O6/c1-3-4-5-6-7-8-14-15(12-20)16(21)11-19(25,17(14)22)10-9-13(2)18(23)24/h7-9,17,20,22,25H,3-6,10-12H2,1-2H3,(H,23,24)/b8-7+,13-9+/t17-,19+/m0/s1. The largest absolute Gasteiger partial charge is 0.478 e. The van der Waals surface area contributed by atoms with E-state index < -0.39 is 30.1 Å². The monoisotopic (exact) mass is 352 g/mol. The molecule has 1 aliphatic carbocycles. The van der Waals surface area contributed by atoms with Gasteiger partial charge in [-0.1, -0.05) is 38.0 Å². The number of aliphatic hydroxyl groups excluding tert-OH is 2. The van der Waals surface area contributed by atoms with Crippen molar-refractivity contribution in [3.05, 3.63) is 34.9 Å². The number of ketones is 1. The third-order valence-corrected chi connectivity index (χ3v) is 4.48. The highest BCUT2D eigenvalue weighted by Gasteiger charge is 2.44. The highest BCUT2D eigenvalue weighted by atomic mass is 16.4. The molecular weight excluding hydrogens is 324 g/mol. The lowest BCUT2D eigenvalue weighted by atomic mass is 9.75. The van der Waals surface area contributed by atoms with Crippen molar-refractivity contribution < 1.29 is 30.0 Å². The van der Waals surface area contributed by atoms with Crippen LogP contribution in [0.1, 0.15) is 52.4 Å². The minimum atomic E-state index is -1.78. The number of allylic oxidation sites excluding steroid dienone is 1. The van der Waals surface area contributed by atoms with Crippen LogP contribution in [0.15, 0.2) is 34.9 Å². The van der Waals surface area contributed by atoms with Gasteiger partial charge in [0, 0.05) is 17.6 Å². The van der Waals surface area contributed by atoms with E-state index in [0.29, 0.717) is 0 Å². The van der Waals surface area contributed by atoms with Crippen LogP contribution in [0.2, 0.25) is 0 Å². The average Bonchev–Trinajstić information content (AvgIpc) is 2.56. The van der Waals surface area contributed by atoms with Crippen LogP contribution < -0.4 is 0 Å². The van der Waals surface area contributed by atoms with Crippen molar-refractivity contribution in [3.63, 3.8) is 0 Å². The van der Waals surface area contributed by atoms with E-state index in [0.717, 1.165) is 25.7 Å². The van der Waals surface area contributed by atoms with Crippen LogP contribution in [-0.4, -0.2) is 50.5 Å². The van der Waals surface area contributed by atoms with Crippen LogP contribution in [-0.2, 0) is 9.59 Å². The summed E-state index contributed by atoms with van der Waals surface area (Å²) in [6, 6.07) is 0. The lowest BCUT2D eigenvalue weighted by Crippen LogP contribution is -2.49. The van der Waals surface area contributed by atoms with Crippen molar-refractivity contribution in [2.45, 2.75) is 64.1 Å². The number of hydrogen-bond donors (Lipinski definition) is 4. The molecule has 0 aliphatic heterocycles. The van der Waals surface area contributed by atoms with Crippen molar-refractivity contribution >= 4 is 11.8 Å². The molecule has 25 heavy (non-hydrogen) atoms. The topological polar surface area (TPSA) is 115 Å². The van der Waals surface area contributed by atoms with Gasteiger partial charge in [0.25, 0.3) is 0 Å². The number of aliphatic hydroxyl groups is 3. The Balaban J connectivity index is 3.04. The van der Waals surface area contributed by atoms with Crippen molar-refractivity contribution in [1.82, 2.24) is 0 Å². The van der Waals surface area contributed by atoms with E-state index in [-0.39, 0.29) is 29.6 Å². The Morgan fingerprint density at radius 2 is 2.04 bits per heavy atom. The van der Waals surface area contributed by atoms with Gasteiger partial charge in [-0.05, 0) is 31.8 Å². The number of aliphatic carboxylic acids is 1. The summed E-state index contributed by atoms with van der Waals surface area (Å²) < 4.78 is 0. The highest BCUT2D eigenvalue weighted by Crippen LogP contribution is 2.35. The fourth-order valence-electron chi connectivity index (χ4n) is 2.79. The zero-order valence-corrected chi connectivity index (χ0v) is 14.9. The van der Waals surface area contributed by atoms with Gasteiger partial charge in [-0.3, -0.25) is 4.79 Å². The Hall–Kier alpha value is -1.76. The summed E-state index contributed by atoms with van der Waals surface area (Å²) >= 11 is 0. The SMILES string of the molecule is CCCCC/C=C/C1=C(CO)C(=O)C[C@](O)(C/C=C(\C)C(=O)O)[C@H]1O. The van der Waals surface area contributed by atoms with E-state index in [4.69, 9.17) is 5.11 Å². The van der Waals surface area contributed by atoms with Gasteiger partial charge in [-0.2, -0.15) is 0 Å². The maximum atomic E-state index is 12.3. The minimum absolute atomic E-state index is 0.0293. The van der Waals surface area contributed by atoms with Crippen LogP contribution >= 0.6 is 0 Å². The lowest BCUT2D eigenvalue weighted by Gasteiger charge is -2.37. The molecule has 0 aromatic carbocycles. The maximum absolute atomic E-state index is 12.3.